The van der Waals surface area contributed by atoms with Crippen molar-refractivity contribution in [2.24, 2.45) is 0 Å². The molecule has 0 amide bonds. The summed E-state index contributed by atoms with van der Waals surface area (Å²) < 4.78 is 29.0. The molecule has 0 unspecified atom stereocenters. The maximum absolute atomic E-state index is 12.1. The Labute approximate surface area is 151 Å². The minimum atomic E-state index is -3.38. The van der Waals surface area contributed by atoms with Gasteiger partial charge in [0.05, 0.1) is 17.5 Å². The van der Waals surface area contributed by atoms with Gasteiger partial charge >= 0.3 is 5.97 Å². The Morgan fingerprint density at radius 1 is 1.08 bits per heavy atom. The summed E-state index contributed by atoms with van der Waals surface area (Å²) in [6.45, 7) is -0.424. The molecule has 0 aromatic heterocycles. The third kappa shape index (κ3) is 5.04. The molecule has 0 saturated heterocycles. The van der Waals surface area contributed by atoms with Gasteiger partial charge in [0.2, 0.25) is 10.0 Å². The van der Waals surface area contributed by atoms with Crippen LogP contribution in [-0.4, -0.2) is 40.1 Å². The van der Waals surface area contributed by atoms with Crippen molar-refractivity contribution in [3.05, 3.63) is 64.7 Å². The largest absolute Gasteiger partial charge is 0.454 e. The van der Waals surface area contributed by atoms with Crippen LogP contribution < -0.4 is 4.31 Å². The molecule has 2 rings (SSSR count). The Bertz CT molecular complexity index is 894. The molecule has 8 heteroatoms. The minimum Gasteiger partial charge on any atom is -0.454 e. The molecule has 0 bridgehead atoms. The fraction of sp³-hybridized carbons (Fsp3) is 0.176. The molecule has 132 valence electrons. The summed E-state index contributed by atoms with van der Waals surface area (Å²) in [5.41, 5.74) is 0.991. The summed E-state index contributed by atoms with van der Waals surface area (Å²) in [6, 6.07) is 12.2. The van der Waals surface area contributed by atoms with Crippen LogP contribution in [0.4, 0.5) is 5.69 Å². The molecule has 0 heterocycles. The standard InChI is InChI=1S/C17H16ClNO5S/c1-19(25(2,22)23)15-8-6-12(7-9-15)16(20)11-24-17(21)13-4-3-5-14(18)10-13/h3-10H,11H2,1-2H3. The lowest BCUT2D eigenvalue weighted by Crippen LogP contribution is -2.24. The van der Waals surface area contributed by atoms with Crippen molar-refractivity contribution in [2.75, 3.05) is 24.2 Å². The van der Waals surface area contributed by atoms with E-state index in [-0.39, 0.29) is 5.56 Å². The van der Waals surface area contributed by atoms with E-state index in [0.717, 1.165) is 10.6 Å². The van der Waals surface area contributed by atoms with Crippen LogP contribution in [-0.2, 0) is 14.8 Å². The lowest BCUT2D eigenvalue weighted by Gasteiger charge is -2.16. The molecule has 0 atom stereocenters. The third-order valence-corrected chi connectivity index (χ3v) is 4.89. The van der Waals surface area contributed by atoms with Crippen LogP contribution in [0.2, 0.25) is 5.02 Å². The second kappa shape index (κ2) is 7.67. The monoisotopic (exact) mass is 381 g/mol. The Balaban J connectivity index is 2.00. The second-order valence-electron chi connectivity index (χ2n) is 5.29. The predicted octanol–water partition coefficient (Wildman–Crippen LogP) is 2.78. The molecule has 25 heavy (non-hydrogen) atoms. The van der Waals surface area contributed by atoms with Crippen LogP contribution in [0.15, 0.2) is 48.5 Å². The van der Waals surface area contributed by atoms with E-state index in [1.165, 1.54) is 43.4 Å². The topological polar surface area (TPSA) is 80.8 Å². The number of Topliss-reactive ketones (excluding diaryl/α,β-unsaturated/α-hetero) is 1. The molecule has 0 saturated carbocycles. The van der Waals surface area contributed by atoms with Crippen LogP contribution in [0, 0.1) is 0 Å². The van der Waals surface area contributed by atoms with Crippen molar-refractivity contribution in [3.8, 4) is 0 Å². The smallest absolute Gasteiger partial charge is 0.338 e. The highest BCUT2D eigenvalue weighted by molar-refractivity contribution is 7.92. The summed E-state index contributed by atoms with van der Waals surface area (Å²) in [6.07, 6.45) is 1.08. The van der Waals surface area contributed by atoms with Crippen LogP contribution >= 0.6 is 11.6 Å². The van der Waals surface area contributed by atoms with Crippen LogP contribution in [0.25, 0.3) is 0 Å². The van der Waals surface area contributed by atoms with Gasteiger partial charge in [0.15, 0.2) is 12.4 Å². The zero-order valence-electron chi connectivity index (χ0n) is 13.6. The number of carbonyl (C=O) groups excluding carboxylic acids is 2. The number of benzene rings is 2. The number of hydrogen-bond acceptors (Lipinski definition) is 5. The minimum absolute atomic E-state index is 0.255. The van der Waals surface area contributed by atoms with E-state index >= 15 is 0 Å². The Morgan fingerprint density at radius 2 is 1.72 bits per heavy atom. The van der Waals surface area contributed by atoms with Gasteiger partial charge in [0, 0.05) is 17.6 Å². The van der Waals surface area contributed by atoms with Crippen LogP contribution in [0.3, 0.4) is 0 Å². The summed E-state index contributed by atoms with van der Waals surface area (Å²) in [4.78, 5) is 24.0. The Hall–Kier alpha value is -2.38. The molecule has 0 fully saturated rings. The average molecular weight is 382 g/mol. The van der Waals surface area contributed by atoms with Gasteiger partial charge in [-0.2, -0.15) is 0 Å². The van der Waals surface area contributed by atoms with E-state index < -0.39 is 28.4 Å². The number of ketones is 1. The Kier molecular flexibility index (Phi) is 5.81. The van der Waals surface area contributed by atoms with E-state index in [0.29, 0.717) is 16.3 Å². The molecular formula is C17H16ClNO5S. The van der Waals surface area contributed by atoms with Crippen molar-refractivity contribution in [1.29, 1.82) is 0 Å². The Morgan fingerprint density at radius 3 is 2.28 bits per heavy atom. The van der Waals surface area contributed by atoms with E-state index in [2.05, 4.69) is 0 Å². The maximum Gasteiger partial charge on any atom is 0.338 e. The maximum atomic E-state index is 12.1. The van der Waals surface area contributed by atoms with Gasteiger partial charge in [-0.25, -0.2) is 13.2 Å². The number of sulfonamides is 1. The first-order valence-electron chi connectivity index (χ1n) is 7.18. The predicted molar refractivity (Wildman–Crippen MR) is 95.8 cm³/mol. The number of carbonyl (C=O) groups is 2. The fourth-order valence-electron chi connectivity index (χ4n) is 1.96. The highest BCUT2D eigenvalue weighted by Gasteiger charge is 2.14. The van der Waals surface area contributed by atoms with Gasteiger partial charge < -0.3 is 4.74 Å². The SMILES string of the molecule is CN(c1ccc(C(=O)COC(=O)c2cccc(Cl)c2)cc1)S(C)(=O)=O. The molecular weight excluding hydrogens is 366 g/mol. The number of hydrogen-bond donors (Lipinski definition) is 0. The van der Waals surface area contributed by atoms with Crippen molar-refractivity contribution in [1.82, 2.24) is 0 Å². The molecule has 0 radical (unpaired) electrons. The molecule has 0 N–H and O–H groups in total. The van der Waals surface area contributed by atoms with Gasteiger partial charge in [-0.3, -0.25) is 9.10 Å². The normalized spacial score (nSPS) is 11.0. The first-order chi connectivity index (χ1) is 11.7. The molecule has 0 aliphatic rings. The fourth-order valence-corrected chi connectivity index (χ4v) is 2.66. The van der Waals surface area contributed by atoms with Crippen molar-refractivity contribution in [2.45, 2.75) is 0 Å². The first kappa shape index (κ1) is 19.0. The van der Waals surface area contributed by atoms with E-state index in [1.54, 1.807) is 12.1 Å². The molecule has 2 aromatic rings. The number of halogens is 1. The van der Waals surface area contributed by atoms with Gasteiger partial charge in [-0.05, 0) is 42.5 Å². The number of ether oxygens (including phenoxy) is 1. The molecule has 0 aliphatic heterocycles. The third-order valence-electron chi connectivity index (χ3n) is 3.45. The average Bonchev–Trinajstić information content (AvgIpc) is 2.58. The number of rotatable bonds is 6. The summed E-state index contributed by atoms with van der Waals surface area (Å²) in [5, 5.41) is 0.395. The molecule has 2 aromatic carbocycles. The molecule has 0 spiro atoms. The van der Waals surface area contributed by atoms with Gasteiger partial charge in [0.1, 0.15) is 0 Å². The van der Waals surface area contributed by atoms with Gasteiger partial charge in [-0.15, -0.1) is 0 Å². The number of nitrogens with zero attached hydrogens (tertiary/aromatic N) is 1. The van der Waals surface area contributed by atoms with Crippen LogP contribution in [0.5, 0.6) is 0 Å². The zero-order valence-corrected chi connectivity index (χ0v) is 15.2. The van der Waals surface area contributed by atoms with E-state index in [4.69, 9.17) is 16.3 Å². The second-order valence-corrected chi connectivity index (χ2v) is 7.74. The van der Waals surface area contributed by atoms with Crippen molar-refractivity contribution >= 4 is 39.1 Å². The van der Waals surface area contributed by atoms with Gasteiger partial charge in [0.25, 0.3) is 0 Å². The zero-order chi connectivity index (χ0) is 18.6. The van der Waals surface area contributed by atoms with Crippen molar-refractivity contribution < 1.29 is 22.7 Å². The summed E-state index contributed by atoms with van der Waals surface area (Å²) >= 11 is 5.80. The van der Waals surface area contributed by atoms with Gasteiger partial charge in [-0.1, -0.05) is 17.7 Å². The van der Waals surface area contributed by atoms with Crippen LogP contribution in [0.1, 0.15) is 20.7 Å². The molecule has 6 nitrogen and oxygen atoms in total. The molecule has 0 aliphatic carbocycles. The highest BCUT2D eigenvalue weighted by Crippen LogP contribution is 2.17. The first-order valence-corrected chi connectivity index (χ1v) is 9.41. The van der Waals surface area contributed by atoms with E-state index in [9.17, 15) is 18.0 Å². The lowest BCUT2D eigenvalue weighted by atomic mass is 10.1. The lowest BCUT2D eigenvalue weighted by molar-refractivity contribution is 0.0475. The summed E-state index contributed by atoms with van der Waals surface area (Å²) in [5.74, 6) is -1.05. The highest BCUT2D eigenvalue weighted by atomic mass is 35.5. The number of anilines is 1. The quantitative estimate of drug-likeness (QED) is 0.567. The summed E-state index contributed by atoms with van der Waals surface area (Å²) in [7, 11) is -1.96. The number of esters is 1. The van der Waals surface area contributed by atoms with E-state index in [1.807, 2.05) is 0 Å². The van der Waals surface area contributed by atoms with Crippen molar-refractivity contribution in [3.63, 3.8) is 0 Å².